The summed E-state index contributed by atoms with van der Waals surface area (Å²) in [7, 11) is 0. The molecule has 0 unspecified atom stereocenters. The van der Waals surface area contributed by atoms with Gasteiger partial charge in [-0.3, -0.25) is 9.78 Å². The molecule has 0 atom stereocenters. The minimum Gasteiger partial charge on any atom is -0.339 e. The number of likely N-dealkylation sites (tertiary alicyclic amines) is 1. The first-order valence-electron chi connectivity index (χ1n) is 8.85. The SMILES string of the molecule is O=C(c1ccc(C(F)(F)F)nc1)N1CCC(c2nc(-c3ccnnc3)no2)CC1. The van der Waals surface area contributed by atoms with Crippen molar-refractivity contribution in [2.45, 2.75) is 24.9 Å². The first-order valence-corrected chi connectivity index (χ1v) is 8.85. The van der Waals surface area contributed by atoms with Crippen LogP contribution in [0.5, 0.6) is 0 Å². The molecule has 3 aromatic rings. The van der Waals surface area contributed by atoms with Gasteiger partial charge < -0.3 is 9.42 Å². The third-order valence-corrected chi connectivity index (χ3v) is 4.72. The van der Waals surface area contributed by atoms with E-state index in [9.17, 15) is 18.0 Å². The lowest BCUT2D eigenvalue weighted by Gasteiger charge is -2.30. The standard InChI is InChI=1S/C18H15F3N6O2/c19-18(20,21)14-2-1-13(9-22-14)17(28)27-7-4-11(5-8-27)16-25-15(26-29-16)12-3-6-23-24-10-12/h1-3,6,9-11H,4-5,7-8H2. The summed E-state index contributed by atoms with van der Waals surface area (Å²) in [6.45, 7) is 0.859. The molecule has 8 nitrogen and oxygen atoms in total. The molecule has 0 aromatic carbocycles. The number of carbonyl (C=O) groups excluding carboxylic acids is 1. The molecule has 150 valence electrons. The maximum absolute atomic E-state index is 12.6. The smallest absolute Gasteiger partial charge is 0.339 e. The summed E-state index contributed by atoms with van der Waals surface area (Å²) in [4.78, 5) is 21.9. The van der Waals surface area contributed by atoms with Gasteiger partial charge in [0, 0.05) is 30.8 Å². The monoisotopic (exact) mass is 404 g/mol. The summed E-state index contributed by atoms with van der Waals surface area (Å²) in [5.74, 6) is 0.559. The summed E-state index contributed by atoms with van der Waals surface area (Å²) >= 11 is 0. The number of halogens is 3. The number of alkyl halides is 3. The van der Waals surface area contributed by atoms with Gasteiger partial charge in [-0.15, -0.1) is 0 Å². The van der Waals surface area contributed by atoms with Crippen molar-refractivity contribution in [3.63, 3.8) is 0 Å². The van der Waals surface area contributed by atoms with Crippen molar-refractivity contribution >= 4 is 5.91 Å². The molecular formula is C18H15F3N6O2. The van der Waals surface area contributed by atoms with E-state index in [1.165, 1.54) is 12.4 Å². The lowest BCUT2D eigenvalue weighted by atomic mass is 9.96. The number of amides is 1. The second kappa shape index (κ2) is 7.57. The van der Waals surface area contributed by atoms with Gasteiger partial charge >= 0.3 is 6.18 Å². The number of carbonyl (C=O) groups is 1. The van der Waals surface area contributed by atoms with Gasteiger partial charge in [0.15, 0.2) is 0 Å². The highest BCUT2D eigenvalue weighted by atomic mass is 19.4. The number of hydrogen-bond donors (Lipinski definition) is 0. The Balaban J connectivity index is 1.38. The molecule has 0 saturated carbocycles. The molecule has 0 aliphatic carbocycles. The lowest BCUT2D eigenvalue weighted by Crippen LogP contribution is -2.38. The van der Waals surface area contributed by atoms with E-state index in [2.05, 4.69) is 25.3 Å². The number of nitrogens with zero attached hydrogens (tertiary/aromatic N) is 6. The van der Waals surface area contributed by atoms with Gasteiger partial charge in [0.05, 0.1) is 18.0 Å². The van der Waals surface area contributed by atoms with E-state index in [1.807, 2.05) is 0 Å². The molecule has 29 heavy (non-hydrogen) atoms. The molecule has 4 rings (SSSR count). The zero-order valence-electron chi connectivity index (χ0n) is 15.0. The van der Waals surface area contributed by atoms with Crippen molar-refractivity contribution < 1.29 is 22.5 Å². The molecule has 0 bridgehead atoms. The summed E-state index contributed by atoms with van der Waals surface area (Å²) in [6, 6.07) is 3.69. The molecule has 0 radical (unpaired) electrons. The highest BCUT2D eigenvalue weighted by Gasteiger charge is 2.33. The van der Waals surface area contributed by atoms with Crippen LogP contribution in [0.25, 0.3) is 11.4 Å². The molecule has 1 fully saturated rings. The van der Waals surface area contributed by atoms with Crippen molar-refractivity contribution in [3.8, 4) is 11.4 Å². The van der Waals surface area contributed by atoms with Crippen LogP contribution in [-0.4, -0.2) is 49.2 Å². The first-order chi connectivity index (χ1) is 13.9. The molecule has 1 amide bonds. The van der Waals surface area contributed by atoms with Crippen LogP contribution < -0.4 is 0 Å². The average Bonchev–Trinajstić information content (AvgIpc) is 3.24. The average molecular weight is 404 g/mol. The van der Waals surface area contributed by atoms with E-state index in [4.69, 9.17) is 4.52 Å². The fraction of sp³-hybridized carbons (Fsp3) is 0.333. The van der Waals surface area contributed by atoms with Crippen LogP contribution in [0.2, 0.25) is 0 Å². The van der Waals surface area contributed by atoms with E-state index < -0.39 is 11.9 Å². The molecule has 4 heterocycles. The van der Waals surface area contributed by atoms with Gasteiger partial charge in [0.1, 0.15) is 5.69 Å². The van der Waals surface area contributed by atoms with E-state index in [-0.39, 0.29) is 17.4 Å². The van der Waals surface area contributed by atoms with Crippen LogP contribution in [-0.2, 0) is 6.18 Å². The molecule has 3 aromatic heterocycles. The van der Waals surface area contributed by atoms with Crippen LogP contribution in [0.3, 0.4) is 0 Å². The predicted molar refractivity (Wildman–Crippen MR) is 92.4 cm³/mol. The molecule has 11 heteroatoms. The number of pyridine rings is 1. The van der Waals surface area contributed by atoms with Gasteiger partial charge in [-0.2, -0.15) is 28.4 Å². The summed E-state index contributed by atoms with van der Waals surface area (Å²) in [6.07, 6.45) is 0.713. The fourth-order valence-corrected chi connectivity index (χ4v) is 3.14. The zero-order chi connectivity index (χ0) is 20.4. The Hall–Kier alpha value is -3.37. The van der Waals surface area contributed by atoms with E-state index in [0.717, 1.165) is 18.3 Å². The predicted octanol–water partition coefficient (Wildman–Crippen LogP) is 2.96. The number of rotatable bonds is 3. The van der Waals surface area contributed by atoms with Crippen molar-refractivity contribution in [3.05, 3.63) is 53.9 Å². The summed E-state index contributed by atoms with van der Waals surface area (Å²) in [5, 5.41) is 11.4. The Bertz CT molecular complexity index is 983. The van der Waals surface area contributed by atoms with Crippen LogP contribution in [0.4, 0.5) is 13.2 Å². The number of aromatic nitrogens is 5. The van der Waals surface area contributed by atoms with Crippen LogP contribution >= 0.6 is 0 Å². The maximum atomic E-state index is 12.6. The molecule has 1 saturated heterocycles. The maximum Gasteiger partial charge on any atom is 0.433 e. The highest BCUT2D eigenvalue weighted by Crippen LogP contribution is 2.30. The zero-order valence-corrected chi connectivity index (χ0v) is 15.0. The Labute approximate surface area is 162 Å². The Morgan fingerprint density at radius 2 is 1.90 bits per heavy atom. The normalized spacial score (nSPS) is 15.5. The van der Waals surface area contributed by atoms with E-state index >= 15 is 0 Å². The van der Waals surface area contributed by atoms with Gasteiger partial charge in [-0.05, 0) is 31.0 Å². The second-order valence-corrected chi connectivity index (χ2v) is 6.58. The number of hydrogen-bond acceptors (Lipinski definition) is 7. The quantitative estimate of drug-likeness (QED) is 0.662. The van der Waals surface area contributed by atoms with Gasteiger partial charge in [-0.1, -0.05) is 5.16 Å². The topological polar surface area (TPSA) is 97.9 Å². The first kappa shape index (κ1) is 19.0. The summed E-state index contributed by atoms with van der Waals surface area (Å²) in [5.41, 5.74) is -0.205. The lowest BCUT2D eigenvalue weighted by molar-refractivity contribution is -0.141. The van der Waals surface area contributed by atoms with Crippen molar-refractivity contribution in [2.75, 3.05) is 13.1 Å². The fourth-order valence-electron chi connectivity index (χ4n) is 3.14. The third-order valence-electron chi connectivity index (χ3n) is 4.72. The highest BCUT2D eigenvalue weighted by molar-refractivity contribution is 5.94. The van der Waals surface area contributed by atoms with Crippen molar-refractivity contribution in [2.24, 2.45) is 0 Å². The van der Waals surface area contributed by atoms with Crippen molar-refractivity contribution in [1.82, 2.24) is 30.2 Å². The molecule has 1 aliphatic heterocycles. The van der Waals surface area contributed by atoms with Crippen LogP contribution in [0.15, 0.2) is 41.3 Å². The molecule has 0 N–H and O–H groups in total. The third kappa shape index (κ3) is 4.08. The molecule has 1 aliphatic rings. The van der Waals surface area contributed by atoms with Crippen LogP contribution in [0, 0.1) is 0 Å². The minimum absolute atomic E-state index is 0.000766. The van der Waals surface area contributed by atoms with Crippen LogP contribution in [0.1, 0.15) is 40.7 Å². The number of piperidine rings is 1. The minimum atomic E-state index is -4.53. The van der Waals surface area contributed by atoms with Gasteiger partial charge in [0.2, 0.25) is 11.7 Å². The van der Waals surface area contributed by atoms with E-state index in [1.54, 1.807) is 11.0 Å². The Morgan fingerprint density at radius 3 is 2.52 bits per heavy atom. The van der Waals surface area contributed by atoms with Gasteiger partial charge in [0.25, 0.3) is 5.91 Å². The second-order valence-electron chi connectivity index (χ2n) is 6.58. The Morgan fingerprint density at radius 1 is 1.10 bits per heavy atom. The molecule has 0 spiro atoms. The largest absolute Gasteiger partial charge is 0.433 e. The van der Waals surface area contributed by atoms with Gasteiger partial charge in [-0.25, -0.2) is 0 Å². The molecular weight excluding hydrogens is 389 g/mol. The van der Waals surface area contributed by atoms with E-state index in [0.29, 0.717) is 43.2 Å². The Kier molecular flexibility index (Phi) is 4.95. The van der Waals surface area contributed by atoms with Crippen molar-refractivity contribution in [1.29, 1.82) is 0 Å². The summed E-state index contributed by atoms with van der Waals surface area (Å²) < 4.78 is 43.2.